The molecule has 0 aliphatic rings. The molecule has 5 heteroatoms. The Morgan fingerprint density at radius 2 is 1.55 bits per heavy atom. The first-order valence-corrected chi connectivity index (χ1v) is 10.4. The van der Waals surface area contributed by atoms with Crippen molar-refractivity contribution in [3.05, 3.63) is 65.7 Å². The lowest BCUT2D eigenvalue weighted by atomic mass is 10.1. The Balaban J connectivity index is 1.66. The molecular formula is C24H30N2O3. The number of hydrogen-bond acceptors (Lipinski definition) is 4. The molecule has 0 fully saturated rings. The first-order chi connectivity index (χ1) is 14.2. The van der Waals surface area contributed by atoms with Gasteiger partial charge in [-0.05, 0) is 48.4 Å². The van der Waals surface area contributed by atoms with Crippen LogP contribution in [0.15, 0.2) is 59.7 Å². The lowest BCUT2D eigenvalue weighted by molar-refractivity contribution is -0.121. The second-order valence-electron chi connectivity index (χ2n) is 6.99. The molecule has 0 unspecified atom stereocenters. The second-order valence-corrected chi connectivity index (χ2v) is 6.99. The van der Waals surface area contributed by atoms with Crippen LogP contribution < -0.4 is 10.2 Å². The summed E-state index contributed by atoms with van der Waals surface area (Å²) >= 11 is 0. The number of rotatable bonds is 12. The van der Waals surface area contributed by atoms with Crippen LogP contribution in [-0.4, -0.2) is 18.1 Å². The van der Waals surface area contributed by atoms with E-state index in [9.17, 15) is 9.59 Å². The Bertz CT molecular complexity index is 770. The summed E-state index contributed by atoms with van der Waals surface area (Å²) in [6.07, 6.45) is 10.3. The van der Waals surface area contributed by atoms with Crippen LogP contribution in [0.5, 0.6) is 5.75 Å². The van der Waals surface area contributed by atoms with Gasteiger partial charge in [0.2, 0.25) is 5.91 Å². The minimum absolute atomic E-state index is 0.0665. The van der Waals surface area contributed by atoms with Crippen LogP contribution >= 0.6 is 0 Å². The summed E-state index contributed by atoms with van der Waals surface area (Å²) in [5, 5.41) is 3.99. The summed E-state index contributed by atoms with van der Waals surface area (Å²) in [4.78, 5) is 23.8. The van der Waals surface area contributed by atoms with Gasteiger partial charge in [0.15, 0.2) is 0 Å². The molecule has 0 heterocycles. The fourth-order valence-electron chi connectivity index (χ4n) is 2.84. The second kappa shape index (κ2) is 13.3. The number of unbranched alkanes of at least 4 members (excludes halogenated alkanes) is 6. The zero-order chi connectivity index (χ0) is 20.7. The molecule has 0 atom stereocenters. The number of carbonyl (C=O) groups excluding carboxylic acids is 2. The average Bonchev–Trinajstić information content (AvgIpc) is 2.75. The summed E-state index contributed by atoms with van der Waals surface area (Å²) in [5.74, 6) is -0.00756. The van der Waals surface area contributed by atoms with Crippen molar-refractivity contribution in [1.82, 2.24) is 5.43 Å². The number of benzene rings is 2. The molecule has 0 spiro atoms. The molecule has 154 valence electrons. The molecule has 1 amide bonds. The molecule has 0 saturated carbocycles. The lowest BCUT2D eigenvalue weighted by Gasteiger charge is -2.04. The topological polar surface area (TPSA) is 67.8 Å². The van der Waals surface area contributed by atoms with Crippen LogP contribution in [0.2, 0.25) is 0 Å². The third kappa shape index (κ3) is 9.19. The van der Waals surface area contributed by atoms with Gasteiger partial charge in [-0.15, -0.1) is 0 Å². The van der Waals surface area contributed by atoms with Crippen molar-refractivity contribution >= 4 is 18.1 Å². The van der Waals surface area contributed by atoms with E-state index in [-0.39, 0.29) is 5.91 Å². The number of hydrazone groups is 1. The molecule has 0 saturated heterocycles. The molecule has 5 nitrogen and oxygen atoms in total. The van der Waals surface area contributed by atoms with Gasteiger partial charge in [0.1, 0.15) is 5.75 Å². The summed E-state index contributed by atoms with van der Waals surface area (Å²) in [7, 11) is 0. The number of nitrogens with one attached hydrogen (secondary N) is 1. The molecular weight excluding hydrogens is 364 g/mol. The largest absolute Gasteiger partial charge is 0.423 e. The van der Waals surface area contributed by atoms with Crippen molar-refractivity contribution in [2.45, 2.75) is 58.3 Å². The van der Waals surface area contributed by atoms with E-state index < -0.39 is 5.97 Å². The molecule has 29 heavy (non-hydrogen) atoms. The molecule has 0 bridgehead atoms. The van der Waals surface area contributed by atoms with Crippen molar-refractivity contribution in [2.75, 3.05) is 0 Å². The summed E-state index contributed by atoms with van der Waals surface area (Å²) in [6.45, 7) is 2.21. The van der Waals surface area contributed by atoms with Crippen molar-refractivity contribution in [3.8, 4) is 5.75 Å². The lowest BCUT2D eigenvalue weighted by Crippen LogP contribution is -2.16. The Morgan fingerprint density at radius 1 is 0.897 bits per heavy atom. The normalized spacial score (nSPS) is 10.8. The average molecular weight is 395 g/mol. The predicted molar refractivity (Wildman–Crippen MR) is 116 cm³/mol. The van der Waals surface area contributed by atoms with E-state index >= 15 is 0 Å². The Hall–Kier alpha value is -2.95. The number of carbonyl (C=O) groups is 2. The third-order valence-electron chi connectivity index (χ3n) is 4.51. The van der Waals surface area contributed by atoms with E-state index in [1.54, 1.807) is 54.7 Å². The highest BCUT2D eigenvalue weighted by molar-refractivity contribution is 5.91. The molecule has 0 aliphatic carbocycles. The molecule has 2 aromatic rings. The van der Waals surface area contributed by atoms with Gasteiger partial charge >= 0.3 is 5.97 Å². The fourth-order valence-corrected chi connectivity index (χ4v) is 2.84. The van der Waals surface area contributed by atoms with Gasteiger partial charge in [0.25, 0.3) is 0 Å². The molecule has 0 aliphatic heterocycles. The van der Waals surface area contributed by atoms with Gasteiger partial charge < -0.3 is 4.74 Å². The highest BCUT2D eigenvalue weighted by Gasteiger charge is 2.07. The van der Waals surface area contributed by atoms with Crippen LogP contribution in [0, 0.1) is 0 Å². The minimum Gasteiger partial charge on any atom is -0.423 e. The van der Waals surface area contributed by atoms with Crippen LogP contribution in [-0.2, 0) is 4.79 Å². The van der Waals surface area contributed by atoms with Gasteiger partial charge in [-0.2, -0.15) is 5.10 Å². The molecule has 0 radical (unpaired) electrons. The molecule has 2 rings (SSSR count). The van der Waals surface area contributed by atoms with Gasteiger partial charge in [-0.25, -0.2) is 10.2 Å². The van der Waals surface area contributed by atoms with E-state index in [2.05, 4.69) is 17.5 Å². The Kier molecular flexibility index (Phi) is 10.2. The summed E-state index contributed by atoms with van der Waals surface area (Å²) < 4.78 is 5.33. The molecule has 2 aromatic carbocycles. The maximum absolute atomic E-state index is 12.0. The highest BCUT2D eigenvalue weighted by Crippen LogP contribution is 2.13. The SMILES string of the molecule is CCCCCCCCCC(=O)N/N=C/c1ccc(OC(=O)c2ccccc2)cc1. The van der Waals surface area contributed by atoms with Crippen molar-refractivity contribution in [1.29, 1.82) is 0 Å². The minimum atomic E-state index is -0.398. The zero-order valence-electron chi connectivity index (χ0n) is 17.1. The van der Waals surface area contributed by atoms with E-state index in [0.717, 1.165) is 18.4 Å². The molecule has 0 aromatic heterocycles. The maximum atomic E-state index is 12.0. The smallest absolute Gasteiger partial charge is 0.343 e. The first kappa shape index (κ1) is 22.3. The summed E-state index contributed by atoms with van der Waals surface area (Å²) in [5.41, 5.74) is 3.86. The standard InChI is InChI=1S/C24H30N2O3/c1-2-3-4-5-6-7-11-14-23(27)26-25-19-20-15-17-22(18-16-20)29-24(28)21-12-9-8-10-13-21/h8-10,12-13,15-19H,2-7,11,14H2,1H3,(H,26,27)/b25-19+. The van der Waals surface area contributed by atoms with E-state index in [1.807, 2.05) is 6.07 Å². The van der Waals surface area contributed by atoms with Crippen LogP contribution in [0.3, 0.4) is 0 Å². The quantitative estimate of drug-likeness (QED) is 0.170. The van der Waals surface area contributed by atoms with Crippen molar-refractivity contribution < 1.29 is 14.3 Å². The van der Waals surface area contributed by atoms with Crippen LogP contribution in [0.25, 0.3) is 0 Å². The monoisotopic (exact) mass is 394 g/mol. The number of nitrogens with zero attached hydrogens (tertiary/aromatic N) is 1. The van der Waals surface area contributed by atoms with Gasteiger partial charge in [-0.1, -0.05) is 63.6 Å². The third-order valence-corrected chi connectivity index (χ3v) is 4.51. The van der Waals surface area contributed by atoms with E-state index in [0.29, 0.717) is 17.7 Å². The van der Waals surface area contributed by atoms with Gasteiger partial charge in [-0.3, -0.25) is 4.79 Å². The van der Waals surface area contributed by atoms with Crippen molar-refractivity contribution in [2.24, 2.45) is 5.10 Å². The Morgan fingerprint density at radius 3 is 2.24 bits per heavy atom. The van der Waals surface area contributed by atoms with Crippen LogP contribution in [0.4, 0.5) is 0 Å². The van der Waals surface area contributed by atoms with E-state index in [4.69, 9.17) is 4.74 Å². The predicted octanol–water partition coefficient (Wildman–Crippen LogP) is 5.50. The number of hydrogen-bond donors (Lipinski definition) is 1. The zero-order valence-corrected chi connectivity index (χ0v) is 17.1. The Labute approximate surface area is 173 Å². The molecule has 1 N–H and O–H groups in total. The first-order valence-electron chi connectivity index (χ1n) is 10.4. The highest BCUT2D eigenvalue weighted by atomic mass is 16.5. The number of amides is 1. The van der Waals surface area contributed by atoms with E-state index in [1.165, 1.54) is 32.1 Å². The van der Waals surface area contributed by atoms with Gasteiger partial charge in [0, 0.05) is 6.42 Å². The van der Waals surface area contributed by atoms with Gasteiger partial charge in [0.05, 0.1) is 11.8 Å². The maximum Gasteiger partial charge on any atom is 0.343 e. The van der Waals surface area contributed by atoms with Crippen molar-refractivity contribution in [3.63, 3.8) is 0 Å². The number of esters is 1. The fraction of sp³-hybridized carbons (Fsp3) is 0.375. The van der Waals surface area contributed by atoms with Crippen LogP contribution in [0.1, 0.15) is 74.2 Å². The number of ether oxygens (including phenoxy) is 1. The summed E-state index contributed by atoms with van der Waals surface area (Å²) in [6, 6.07) is 15.8.